The van der Waals surface area contributed by atoms with Gasteiger partial charge in [-0.2, -0.15) is 0 Å². The molecule has 1 aliphatic heterocycles. The van der Waals surface area contributed by atoms with Gasteiger partial charge in [0, 0.05) is 28.7 Å². The van der Waals surface area contributed by atoms with Gasteiger partial charge in [0.25, 0.3) is 0 Å². The fraction of sp³-hybridized carbons (Fsp3) is 0.444. The van der Waals surface area contributed by atoms with Crippen molar-refractivity contribution in [3.63, 3.8) is 0 Å². The van der Waals surface area contributed by atoms with Crippen LogP contribution in [-0.2, 0) is 11.2 Å². The number of aromatic nitrogens is 1. The largest absolute Gasteiger partial charge is 0.497 e. The molecule has 0 saturated carbocycles. The van der Waals surface area contributed by atoms with Crippen molar-refractivity contribution in [2.75, 3.05) is 20.8 Å². The summed E-state index contributed by atoms with van der Waals surface area (Å²) in [7, 11) is 3.28. The standard InChI is InChI=1S/C18H22N2O3S2/c1-11-16(25-18(24)19-11)10-17(21)20-8-4-5-14(20)13-7-6-12(22-2)9-15(13)23-3/h6-7,9,14H,4-5,8,10H2,1-3H3,(H,19,24)/t14-/m0/s1. The van der Waals surface area contributed by atoms with Crippen molar-refractivity contribution >= 4 is 29.5 Å². The lowest BCUT2D eigenvalue weighted by molar-refractivity contribution is -0.131. The summed E-state index contributed by atoms with van der Waals surface area (Å²) in [5, 5.41) is 0. The van der Waals surface area contributed by atoms with Crippen LogP contribution in [0.3, 0.4) is 0 Å². The average Bonchev–Trinajstić information content (AvgIpc) is 3.20. The zero-order valence-electron chi connectivity index (χ0n) is 14.6. The molecule has 1 atom stereocenters. The van der Waals surface area contributed by atoms with E-state index in [1.807, 2.05) is 30.0 Å². The second kappa shape index (κ2) is 7.58. The lowest BCUT2D eigenvalue weighted by Crippen LogP contribution is -2.32. The quantitative estimate of drug-likeness (QED) is 0.798. The van der Waals surface area contributed by atoms with Gasteiger partial charge in [-0.05, 0) is 44.1 Å². The normalized spacial score (nSPS) is 16.9. The number of ether oxygens (including phenoxy) is 2. The summed E-state index contributed by atoms with van der Waals surface area (Å²) in [5.41, 5.74) is 2.02. The highest BCUT2D eigenvalue weighted by Crippen LogP contribution is 2.39. The van der Waals surface area contributed by atoms with Gasteiger partial charge in [0.05, 0.1) is 26.7 Å². The van der Waals surface area contributed by atoms with Crippen molar-refractivity contribution in [1.29, 1.82) is 0 Å². The van der Waals surface area contributed by atoms with Gasteiger partial charge in [-0.25, -0.2) is 0 Å². The molecule has 1 aromatic carbocycles. The molecule has 7 heteroatoms. The fourth-order valence-electron chi connectivity index (χ4n) is 3.33. The number of hydrogen-bond donors (Lipinski definition) is 1. The van der Waals surface area contributed by atoms with E-state index < -0.39 is 0 Å². The second-order valence-electron chi connectivity index (χ2n) is 6.09. The molecule has 2 aromatic rings. The minimum atomic E-state index is 0.0422. The molecule has 0 unspecified atom stereocenters. The van der Waals surface area contributed by atoms with Crippen LogP contribution >= 0.6 is 23.6 Å². The number of carbonyl (C=O) groups is 1. The zero-order chi connectivity index (χ0) is 18.0. The average molecular weight is 379 g/mol. The van der Waals surface area contributed by atoms with Crippen LogP contribution in [0.1, 0.15) is 35.0 Å². The molecule has 3 rings (SSSR count). The van der Waals surface area contributed by atoms with E-state index in [9.17, 15) is 4.79 Å². The molecule has 1 N–H and O–H groups in total. The van der Waals surface area contributed by atoms with Crippen LogP contribution in [-0.4, -0.2) is 36.6 Å². The number of H-pyrrole nitrogens is 1. The summed E-state index contributed by atoms with van der Waals surface area (Å²) in [5.74, 6) is 1.64. The van der Waals surface area contributed by atoms with E-state index in [4.69, 9.17) is 21.7 Å². The zero-order valence-corrected chi connectivity index (χ0v) is 16.3. The molecule has 0 radical (unpaired) electrons. The third kappa shape index (κ3) is 3.72. The van der Waals surface area contributed by atoms with Crippen LogP contribution in [0.2, 0.25) is 0 Å². The summed E-state index contributed by atoms with van der Waals surface area (Å²) in [6.07, 6.45) is 2.32. The third-order valence-corrected chi connectivity index (χ3v) is 5.94. The Morgan fingerprint density at radius 1 is 1.40 bits per heavy atom. The molecule has 1 saturated heterocycles. The predicted octanol–water partition coefficient (Wildman–Crippen LogP) is 4.04. The van der Waals surface area contributed by atoms with E-state index in [1.54, 1.807) is 14.2 Å². The number of thiazole rings is 1. The molecule has 1 aromatic heterocycles. The van der Waals surface area contributed by atoms with Crippen LogP contribution in [0.4, 0.5) is 0 Å². The fourth-order valence-corrected chi connectivity index (χ4v) is 4.61. The number of amides is 1. The molecule has 0 spiro atoms. The van der Waals surface area contributed by atoms with Crippen molar-refractivity contribution in [2.24, 2.45) is 0 Å². The van der Waals surface area contributed by atoms with Gasteiger partial charge in [0.2, 0.25) is 5.91 Å². The second-order valence-corrected chi connectivity index (χ2v) is 7.86. The van der Waals surface area contributed by atoms with Crippen LogP contribution in [0, 0.1) is 10.9 Å². The maximum Gasteiger partial charge on any atom is 0.228 e. The molecule has 1 aliphatic rings. The van der Waals surface area contributed by atoms with Crippen LogP contribution in [0.25, 0.3) is 0 Å². The smallest absolute Gasteiger partial charge is 0.228 e. The molecule has 25 heavy (non-hydrogen) atoms. The van der Waals surface area contributed by atoms with Crippen molar-refractivity contribution in [3.05, 3.63) is 38.3 Å². The molecule has 0 aliphatic carbocycles. The third-order valence-electron chi connectivity index (χ3n) is 4.61. The SMILES string of the molecule is COc1ccc([C@@H]2CCCN2C(=O)Cc2sc(=S)[nH]c2C)c(OC)c1. The highest BCUT2D eigenvalue weighted by atomic mass is 32.1. The van der Waals surface area contributed by atoms with E-state index in [1.165, 1.54) is 11.3 Å². The number of hydrogen-bond acceptors (Lipinski definition) is 5. The summed E-state index contributed by atoms with van der Waals surface area (Å²) in [6.45, 7) is 2.73. The Morgan fingerprint density at radius 2 is 2.20 bits per heavy atom. The molecular formula is C18H22N2O3S2. The van der Waals surface area contributed by atoms with Crippen molar-refractivity contribution < 1.29 is 14.3 Å². The Labute approximate surface area is 156 Å². The van der Waals surface area contributed by atoms with Gasteiger partial charge in [-0.1, -0.05) is 0 Å². The number of carbonyl (C=O) groups excluding carboxylic acids is 1. The molecule has 1 amide bonds. The number of nitrogens with one attached hydrogen (secondary N) is 1. The highest BCUT2D eigenvalue weighted by Gasteiger charge is 2.32. The van der Waals surface area contributed by atoms with E-state index in [-0.39, 0.29) is 11.9 Å². The van der Waals surface area contributed by atoms with E-state index in [2.05, 4.69) is 4.98 Å². The lowest BCUT2D eigenvalue weighted by Gasteiger charge is -2.26. The Morgan fingerprint density at radius 3 is 2.84 bits per heavy atom. The van der Waals surface area contributed by atoms with E-state index in [0.717, 1.165) is 51.0 Å². The number of rotatable bonds is 5. The summed E-state index contributed by atoms with van der Waals surface area (Å²) < 4.78 is 11.5. The van der Waals surface area contributed by atoms with Crippen molar-refractivity contribution in [2.45, 2.75) is 32.2 Å². The number of aromatic amines is 1. The maximum atomic E-state index is 12.9. The van der Waals surface area contributed by atoms with E-state index in [0.29, 0.717) is 6.42 Å². The number of nitrogens with zero attached hydrogens (tertiary/aromatic N) is 1. The monoisotopic (exact) mass is 378 g/mol. The molecule has 5 nitrogen and oxygen atoms in total. The number of likely N-dealkylation sites (tertiary alicyclic amines) is 1. The van der Waals surface area contributed by atoms with Crippen LogP contribution < -0.4 is 9.47 Å². The van der Waals surface area contributed by atoms with Gasteiger partial charge in [0.15, 0.2) is 3.95 Å². The molecular weight excluding hydrogens is 356 g/mol. The number of benzene rings is 1. The minimum Gasteiger partial charge on any atom is -0.497 e. The minimum absolute atomic E-state index is 0.0422. The first-order valence-electron chi connectivity index (χ1n) is 8.23. The van der Waals surface area contributed by atoms with Gasteiger partial charge in [0.1, 0.15) is 11.5 Å². The predicted molar refractivity (Wildman–Crippen MR) is 101 cm³/mol. The lowest BCUT2D eigenvalue weighted by atomic mass is 10.0. The Balaban J connectivity index is 1.84. The Kier molecular flexibility index (Phi) is 5.44. The topological polar surface area (TPSA) is 54.6 Å². The highest BCUT2D eigenvalue weighted by molar-refractivity contribution is 7.73. The van der Waals surface area contributed by atoms with Gasteiger partial charge < -0.3 is 19.4 Å². The maximum absolute atomic E-state index is 12.9. The van der Waals surface area contributed by atoms with Gasteiger partial charge >= 0.3 is 0 Å². The Hall–Kier alpha value is -1.86. The first-order chi connectivity index (χ1) is 12.0. The first-order valence-corrected chi connectivity index (χ1v) is 9.46. The summed E-state index contributed by atoms with van der Waals surface area (Å²) in [4.78, 5) is 19.0. The van der Waals surface area contributed by atoms with Crippen molar-refractivity contribution in [1.82, 2.24) is 9.88 Å². The van der Waals surface area contributed by atoms with Crippen LogP contribution in [0.15, 0.2) is 18.2 Å². The molecule has 0 bridgehead atoms. The van der Waals surface area contributed by atoms with E-state index >= 15 is 0 Å². The molecule has 1 fully saturated rings. The molecule has 2 heterocycles. The summed E-state index contributed by atoms with van der Waals surface area (Å²) in [6, 6.07) is 5.83. The number of aryl methyl sites for hydroxylation is 1. The molecule has 134 valence electrons. The first kappa shape index (κ1) is 17.9. The van der Waals surface area contributed by atoms with Gasteiger partial charge in [-0.3, -0.25) is 4.79 Å². The van der Waals surface area contributed by atoms with Crippen LogP contribution in [0.5, 0.6) is 11.5 Å². The number of methoxy groups -OCH3 is 2. The van der Waals surface area contributed by atoms with Gasteiger partial charge in [-0.15, -0.1) is 11.3 Å². The summed E-state index contributed by atoms with van der Waals surface area (Å²) >= 11 is 6.66. The Bertz CT molecular complexity index is 828. The van der Waals surface area contributed by atoms with Crippen molar-refractivity contribution in [3.8, 4) is 11.5 Å².